The van der Waals surface area contributed by atoms with E-state index in [9.17, 15) is 5.11 Å². The van der Waals surface area contributed by atoms with Crippen LogP contribution in [0.3, 0.4) is 0 Å². The summed E-state index contributed by atoms with van der Waals surface area (Å²) >= 11 is 1.55. The van der Waals surface area contributed by atoms with Crippen molar-refractivity contribution >= 4 is 22.4 Å². The van der Waals surface area contributed by atoms with Gasteiger partial charge in [0.1, 0.15) is 11.6 Å². The summed E-state index contributed by atoms with van der Waals surface area (Å²) in [5.41, 5.74) is 7.06. The Hall–Kier alpha value is -5.00. The number of thiophene rings is 1. The summed E-state index contributed by atoms with van der Waals surface area (Å²) in [6.07, 6.45) is 0.126. The predicted octanol–water partition coefficient (Wildman–Crippen LogP) is 8.86. The van der Waals surface area contributed by atoms with Crippen molar-refractivity contribution < 1.29 is 7.85 Å². The van der Waals surface area contributed by atoms with Gasteiger partial charge < -0.3 is 5.11 Å². The third-order valence-electron chi connectivity index (χ3n) is 6.72. The van der Waals surface area contributed by atoms with E-state index in [4.69, 9.17) is 7.73 Å². The molecule has 0 aliphatic carbocycles. The number of phenolic OH excluding ortho intramolecular Hbond substituents is 1. The highest BCUT2D eigenvalue weighted by atomic mass is 32.1. The van der Waals surface area contributed by atoms with Gasteiger partial charge in [0.2, 0.25) is 0 Å². The number of aromatic nitrogens is 3. The van der Waals surface area contributed by atoms with Crippen molar-refractivity contribution in [3.05, 3.63) is 133 Å². The van der Waals surface area contributed by atoms with Gasteiger partial charge in [-0.15, -0.1) is 11.3 Å². The number of hydrogen-bond acceptors (Lipinski definition) is 4. The van der Waals surface area contributed by atoms with E-state index in [1.54, 1.807) is 29.5 Å². The van der Waals surface area contributed by atoms with Gasteiger partial charge in [-0.25, -0.2) is 4.98 Å². The quantitative estimate of drug-likeness (QED) is 0.245. The summed E-state index contributed by atoms with van der Waals surface area (Å²) < 4.78 is 19.3. The molecule has 3 heterocycles. The average molecular weight is 524 g/mol. The largest absolute Gasteiger partial charge is 0.507 e. The minimum absolute atomic E-state index is 0.126. The molecule has 0 spiro atoms. The van der Waals surface area contributed by atoms with Crippen molar-refractivity contribution in [3.8, 4) is 55.6 Å². The second kappa shape index (κ2) is 9.71. The van der Waals surface area contributed by atoms with Crippen molar-refractivity contribution in [3.63, 3.8) is 0 Å². The molecule has 0 amide bonds. The first kappa shape index (κ1) is 21.0. The summed E-state index contributed by atoms with van der Waals surface area (Å²) in [5, 5.41) is 12.7. The summed E-state index contributed by atoms with van der Waals surface area (Å²) in [4.78, 5) is 10.5. The van der Waals surface area contributed by atoms with Crippen molar-refractivity contribution in [2.45, 2.75) is 0 Å². The molecule has 0 saturated carbocycles. The first-order chi connectivity index (χ1) is 20.1. The number of nitrogens with zero attached hydrogens (tertiary/aromatic N) is 3. The highest BCUT2D eigenvalue weighted by Crippen LogP contribution is 2.38. The monoisotopic (exact) mass is 523 g/mol. The molecular formula is C34H23N3OS. The van der Waals surface area contributed by atoms with E-state index >= 15 is 0 Å². The fourth-order valence-corrected chi connectivity index (χ4v) is 5.60. The maximum atomic E-state index is 10.8. The number of fused-ring (bicyclic) bond motifs is 1. The van der Waals surface area contributed by atoms with Gasteiger partial charge in [0, 0.05) is 27.9 Å². The molecule has 0 saturated heterocycles. The lowest BCUT2D eigenvalue weighted by molar-refractivity contribution is 0.477. The molecule has 7 rings (SSSR count). The van der Waals surface area contributed by atoms with Gasteiger partial charge in [-0.1, -0.05) is 66.7 Å². The predicted molar refractivity (Wildman–Crippen MR) is 160 cm³/mol. The fraction of sp³-hybridized carbons (Fsp3) is 0. The molecule has 0 fully saturated rings. The SMILES string of the molecule is [2H]c1cc(-c2cccs2)c([2H])c(-c2cccc(-c3cccc4c3nc(-c3ccccc3O)n4-c3ccccc3)c2)n1. The maximum Gasteiger partial charge on any atom is 0.149 e. The van der Waals surface area contributed by atoms with E-state index in [2.05, 4.69) is 9.55 Å². The second-order valence-corrected chi connectivity index (χ2v) is 10.1. The summed E-state index contributed by atoms with van der Waals surface area (Å²) in [7, 11) is 0. The van der Waals surface area contributed by atoms with E-state index in [0.29, 0.717) is 28.7 Å². The molecule has 0 radical (unpaired) electrons. The Balaban J connectivity index is 1.43. The van der Waals surface area contributed by atoms with Gasteiger partial charge in [0.25, 0.3) is 0 Å². The first-order valence-corrected chi connectivity index (χ1v) is 13.4. The Morgan fingerprint density at radius 1 is 0.718 bits per heavy atom. The van der Waals surface area contributed by atoms with Crippen LogP contribution in [-0.4, -0.2) is 19.6 Å². The van der Waals surface area contributed by atoms with Gasteiger partial charge in [-0.05, 0) is 71.1 Å². The van der Waals surface area contributed by atoms with Crippen LogP contribution in [0.4, 0.5) is 0 Å². The molecule has 39 heavy (non-hydrogen) atoms. The average Bonchev–Trinajstić information content (AvgIpc) is 3.67. The lowest BCUT2D eigenvalue weighted by atomic mass is 9.99. The standard InChI is InChI=1S/C34H23N3OS/c38-31-16-5-4-13-28(31)34-36-33-27(14-7-15-30(33)37(34)26-11-2-1-3-12-26)23-9-6-10-24(21-23)29-22-25(18-19-35-29)32-17-8-20-39-32/h1-22,38H/i19D,22D. The minimum Gasteiger partial charge on any atom is -0.507 e. The van der Waals surface area contributed by atoms with Gasteiger partial charge in [-0.2, -0.15) is 0 Å². The topological polar surface area (TPSA) is 50.9 Å². The molecule has 0 bridgehead atoms. The van der Waals surface area contributed by atoms with Gasteiger partial charge in [0.05, 0.1) is 25.0 Å². The molecule has 4 aromatic carbocycles. The van der Waals surface area contributed by atoms with E-state index in [0.717, 1.165) is 38.3 Å². The van der Waals surface area contributed by atoms with Crippen LogP contribution in [-0.2, 0) is 0 Å². The lowest BCUT2D eigenvalue weighted by Gasteiger charge is -2.11. The molecule has 186 valence electrons. The van der Waals surface area contributed by atoms with E-state index in [1.807, 2.05) is 102 Å². The zero-order valence-electron chi connectivity index (χ0n) is 22.7. The van der Waals surface area contributed by atoms with Gasteiger partial charge >= 0.3 is 0 Å². The third-order valence-corrected chi connectivity index (χ3v) is 7.62. The highest BCUT2D eigenvalue weighted by molar-refractivity contribution is 7.13. The van der Waals surface area contributed by atoms with Crippen LogP contribution in [0, 0.1) is 0 Å². The molecule has 0 atom stereocenters. The van der Waals surface area contributed by atoms with Crippen molar-refractivity contribution in [1.29, 1.82) is 0 Å². The number of pyridine rings is 1. The van der Waals surface area contributed by atoms with Crippen LogP contribution in [0.2, 0.25) is 0 Å². The van der Waals surface area contributed by atoms with Crippen LogP contribution in [0.15, 0.2) is 133 Å². The zero-order valence-corrected chi connectivity index (χ0v) is 21.6. The zero-order chi connectivity index (χ0) is 27.9. The number of aromatic hydroxyl groups is 1. The van der Waals surface area contributed by atoms with Crippen molar-refractivity contribution in [2.75, 3.05) is 0 Å². The molecule has 3 aromatic heterocycles. The normalized spacial score (nSPS) is 11.9. The van der Waals surface area contributed by atoms with Gasteiger partial charge in [0.15, 0.2) is 0 Å². The molecular weight excluding hydrogens is 498 g/mol. The minimum atomic E-state index is 0.126. The maximum absolute atomic E-state index is 10.8. The molecule has 7 aromatic rings. The molecule has 0 unspecified atom stereocenters. The van der Waals surface area contributed by atoms with Crippen LogP contribution in [0.1, 0.15) is 2.74 Å². The third kappa shape index (κ3) is 4.19. The lowest BCUT2D eigenvalue weighted by Crippen LogP contribution is -1.97. The van der Waals surface area contributed by atoms with E-state index < -0.39 is 0 Å². The van der Waals surface area contributed by atoms with Crippen LogP contribution >= 0.6 is 11.3 Å². The Morgan fingerprint density at radius 3 is 2.36 bits per heavy atom. The van der Waals surface area contributed by atoms with Crippen LogP contribution < -0.4 is 0 Å². The van der Waals surface area contributed by atoms with Gasteiger partial charge in [-0.3, -0.25) is 9.55 Å². The number of phenols is 1. The van der Waals surface area contributed by atoms with Crippen molar-refractivity contribution in [2.24, 2.45) is 0 Å². The summed E-state index contributed by atoms with van der Waals surface area (Å²) in [6, 6.07) is 37.1. The number of benzene rings is 4. The molecule has 1 N–H and O–H groups in total. The first-order valence-electron chi connectivity index (χ1n) is 13.6. The van der Waals surface area contributed by atoms with Crippen LogP contribution in [0.25, 0.3) is 60.9 Å². The van der Waals surface area contributed by atoms with Crippen LogP contribution in [0.5, 0.6) is 5.75 Å². The smallest absolute Gasteiger partial charge is 0.149 e. The summed E-state index contributed by atoms with van der Waals surface area (Å²) in [6.45, 7) is 0. The highest BCUT2D eigenvalue weighted by Gasteiger charge is 2.19. The Kier molecular flexibility index (Phi) is 5.22. The molecule has 4 nitrogen and oxygen atoms in total. The van der Waals surface area contributed by atoms with E-state index in [1.165, 1.54) is 0 Å². The molecule has 0 aliphatic rings. The number of imidazole rings is 1. The Morgan fingerprint density at radius 2 is 1.51 bits per heavy atom. The molecule has 5 heteroatoms. The number of para-hydroxylation sites is 3. The Bertz CT molecular complexity index is 2040. The van der Waals surface area contributed by atoms with Crippen molar-refractivity contribution in [1.82, 2.24) is 14.5 Å². The number of rotatable bonds is 5. The molecule has 0 aliphatic heterocycles. The second-order valence-electron chi connectivity index (χ2n) is 9.13. The van der Waals surface area contributed by atoms with E-state index in [-0.39, 0.29) is 11.9 Å². The fourth-order valence-electron chi connectivity index (χ4n) is 4.90. The number of hydrogen-bond donors (Lipinski definition) is 1. The Labute approximate surface area is 233 Å². The summed E-state index contributed by atoms with van der Waals surface area (Å²) in [5.74, 6) is 0.805.